The van der Waals surface area contributed by atoms with Gasteiger partial charge in [-0.15, -0.1) is 0 Å². The lowest BCUT2D eigenvalue weighted by Gasteiger charge is -2.16. The molecule has 5 aromatic carbocycles. The van der Waals surface area contributed by atoms with Crippen LogP contribution in [0.5, 0.6) is 17.2 Å². The Morgan fingerprint density at radius 2 is 0.886 bits per heavy atom. The van der Waals surface area contributed by atoms with E-state index in [1.807, 2.05) is 0 Å². The lowest BCUT2D eigenvalue weighted by molar-refractivity contribution is 0.0469. The Balaban J connectivity index is 1.55. The van der Waals surface area contributed by atoms with Gasteiger partial charge < -0.3 is 18.9 Å². The van der Waals surface area contributed by atoms with Gasteiger partial charge in [-0.2, -0.15) is 0 Å². The van der Waals surface area contributed by atoms with Crippen molar-refractivity contribution < 1.29 is 38.1 Å². The molecule has 0 aliphatic heterocycles. The molecule has 0 spiro atoms. The van der Waals surface area contributed by atoms with Gasteiger partial charge in [0.1, 0.15) is 6.61 Å². The van der Waals surface area contributed by atoms with E-state index < -0.39 is 23.9 Å². The summed E-state index contributed by atoms with van der Waals surface area (Å²) >= 11 is 5.94. The molecule has 0 fully saturated rings. The van der Waals surface area contributed by atoms with Crippen LogP contribution in [-0.2, 0) is 11.3 Å². The molecule has 0 saturated carbocycles. The lowest BCUT2D eigenvalue weighted by atomic mass is 10.1. The topological polar surface area (TPSA) is 105 Å². The number of hydrogen-bond donors (Lipinski definition) is 0. The minimum absolute atomic E-state index is 0.0982. The predicted molar refractivity (Wildman–Crippen MR) is 161 cm³/mol. The first-order valence-corrected chi connectivity index (χ1v) is 13.7. The molecule has 0 heterocycles. The summed E-state index contributed by atoms with van der Waals surface area (Å²) in [5, 5.41) is 0.524. The SMILES string of the molecule is O=C(OCc1ccc(Cl)cc1)c1cc(OC(=O)c2ccccc2)c(OC(=O)c2ccccc2)c(OC(=O)c2ccccc2)c1. The molecule has 0 aliphatic rings. The van der Waals surface area contributed by atoms with Crippen LogP contribution in [0, 0.1) is 0 Å². The number of carbonyl (C=O) groups is 4. The van der Waals surface area contributed by atoms with Crippen LogP contribution in [0.4, 0.5) is 0 Å². The van der Waals surface area contributed by atoms with Gasteiger partial charge in [0, 0.05) is 5.02 Å². The second-order valence-electron chi connectivity index (χ2n) is 9.27. The van der Waals surface area contributed by atoms with E-state index in [0.717, 1.165) is 0 Å². The van der Waals surface area contributed by atoms with E-state index in [2.05, 4.69) is 0 Å². The average molecular weight is 607 g/mol. The van der Waals surface area contributed by atoms with Crippen LogP contribution >= 0.6 is 11.6 Å². The molecule has 0 N–H and O–H groups in total. The number of esters is 4. The number of hydrogen-bond acceptors (Lipinski definition) is 8. The third-order valence-electron chi connectivity index (χ3n) is 6.17. The fraction of sp³-hybridized carbons (Fsp3) is 0.0286. The normalized spacial score (nSPS) is 10.4. The summed E-state index contributed by atoms with van der Waals surface area (Å²) in [5.41, 5.74) is 1.09. The van der Waals surface area contributed by atoms with Crippen LogP contribution < -0.4 is 14.2 Å². The smallest absolute Gasteiger partial charge is 0.343 e. The molecule has 9 heteroatoms. The van der Waals surface area contributed by atoms with Crippen LogP contribution in [0.2, 0.25) is 5.02 Å². The highest BCUT2D eigenvalue weighted by Crippen LogP contribution is 2.41. The zero-order chi connectivity index (χ0) is 30.9. The maximum atomic E-state index is 13.2. The van der Waals surface area contributed by atoms with Gasteiger partial charge in [0.2, 0.25) is 5.75 Å². The predicted octanol–water partition coefficient (Wildman–Crippen LogP) is 7.35. The lowest BCUT2D eigenvalue weighted by Crippen LogP contribution is -2.16. The first-order valence-electron chi connectivity index (χ1n) is 13.3. The maximum absolute atomic E-state index is 13.2. The second kappa shape index (κ2) is 14.0. The minimum Gasteiger partial charge on any atom is -0.457 e. The molecule has 0 amide bonds. The van der Waals surface area contributed by atoms with Crippen LogP contribution in [-0.4, -0.2) is 23.9 Å². The zero-order valence-electron chi connectivity index (χ0n) is 23.0. The second-order valence-corrected chi connectivity index (χ2v) is 9.71. The standard InChI is InChI=1S/C35H23ClO8/c36-28-18-16-23(17-19-28)22-41-32(37)27-20-29(42-33(38)24-10-4-1-5-11-24)31(44-35(40)26-14-8-3-9-15-26)30(21-27)43-34(39)25-12-6-2-7-13-25/h1-21H,22H2. The fourth-order valence-electron chi connectivity index (χ4n) is 3.95. The van der Waals surface area contributed by atoms with Gasteiger partial charge in [-0.05, 0) is 66.2 Å². The van der Waals surface area contributed by atoms with Gasteiger partial charge in [0.25, 0.3) is 0 Å². The van der Waals surface area contributed by atoms with Crippen molar-refractivity contribution in [2.24, 2.45) is 0 Å². The van der Waals surface area contributed by atoms with Crippen molar-refractivity contribution in [3.05, 3.63) is 160 Å². The van der Waals surface area contributed by atoms with Crippen molar-refractivity contribution in [1.29, 1.82) is 0 Å². The molecule has 44 heavy (non-hydrogen) atoms. The van der Waals surface area contributed by atoms with Crippen LogP contribution in [0.15, 0.2) is 127 Å². The van der Waals surface area contributed by atoms with E-state index in [4.69, 9.17) is 30.5 Å². The molecule has 0 aliphatic carbocycles. The molecule has 8 nitrogen and oxygen atoms in total. The fourth-order valence-corrected chi connectivity index (χ4v) is 4.08. The van der Waals surface area contributed by atoms with E-state index in [1.165, 1.54) is 48.5 Å². The quantitative estimate of drug-likeness (QED) is 0.127. The Morgan fingerprint density at radius 1 is 0.477 bits per heavy atom. The summed E-state index contributed by atoms with van der Waals surface area (Å²) in [6.07, 6.45) is 0. The molecular formula is C35H23ClO8. The highest BCUT2D eigenvalue weighted by molar-refractivity contribution is 6.30. The highest BCUT2D eigenvalue weighted by atomic mass is 35.5. The van der Waals surface area contributed by atoms with E-state index in [-0.39, 0.29) is 46.1 Å². The number of benzene rings is 5. The maximum Gasteiger partial charge on any atom is 0.343 e. The van der Waals surface area contributed by atoms with Gasteiger partial charge in [0.05, 0.1) is 22.3 Å². The summed E-state index contributed by atoms with van der Waals surface area (Å²) < 4.78 is 22.4. The van der Waals surface area contributed by atoms with Crippen molar-refractivity contribution in [2.45, 2.75) is 6.61 Å². The largest absolute Gasteiger partial charge is 0.457 e. The Kier molecular flexibility index (Phi) is 9.44. The molecule has 0 atom stereocenters. The molecular weight excluding hydrogens is 584 g/mol. The van der Waals surface area contributed by atoms with Crippen LogP contribution in [0.1, 0.15) is 47.0 Å². The number of rotatable bonds is 9. The van der Waals surface area contributed by atoms with Crippen LogP contribution in [0.3, 0.4) is 0 Å². The zero-order valence-corrected chi connectivity index (χ0v) is 23.7. The Hall–Kier alpha value is -5.73. The van der Waals surface area contributed by atoms with Crippen LogP contribution in [0.25, 0.3) is 0 Å². The van der Waals surface area contributed by atoms with Gasteiger partial charge in [-0.3, -0.25) is 0 Å². The van der Waals surface area contributed by atoms with Crippen molar-refractivity contribution in [3.8, 4) is 17.2 Å². The van der Waals surface area contributed by atoms with Gasteiger partial charge in [-0.25, -0.2) is 19.2 Å². The summed E-state index contributed by atoms with van der Waals surface area (Å²) in [6, 6.07) is 33.2. The average Bonchev–Trinajstić information content (AvgIpc) is 3.06. The number of halogens is 1. The van der Waals surface area contributed by atoms with E-state index in [9.17, 15) is 19.2 Å². The monoisotopic (exact) mass is 606 g/mol. The number of carbonyl (C=O) groups excluding carboxylic acids is 4. The molecule has 0 radical (unpaired) electrons. The van der Waals surface area contributed by atoms with Crippen molar-refractivity contribution in [3.63, 3.8) is 0 Å². The van der Waals surface area contributed by atoms with Gasteiger partial charge >= 0.3 is 23.9 Å². The van der Waals surface area contributed by atoms with Gasteiger partial charge in [-0.1, -0.05) is 78.3 Å². The van der Waals surface area contributed by atoms with Crippen molar-refractivity contribution >= 4 is 35.5 Å². The molecule has 0 unspecified atom stereocenters. The van der Waals surface area contributed by atoms with E-state index in [1.54, 1.807) is 78.9 Å². The van der Waals surface area contributed by atoms with E-state index in [0.29, 0.717) is 10.6 Å². The molecule has 0 aromatic heterocycles. The molecule has 218 valence electrons. The van der Waals surface area contributed by atoms with Crippen molar-refractivity contribution in [1.82, 2.24) is 0 Å². The molecule has 0 saturated heterocycles. The Morgan fingerprint density at radius 3 is 1.32 bits per heavy atom. The van der Waals surface area contributed by atoms with Gasteiger partial charge in [0.15, 0.2) is 11.5 Å². The first-order chi connectivity index (χ1) is 21.4. The molecule has 0 bridgehead atoms. The highest BCUT2D eigenvalue weighted by Gasteiger charge is 2.26. The number of ether oxygens (including phenoxy) is 4. The Bertz CT molecular complexity index is 1710. The Labute approximate surface area is 257 Å². The first kappa shape index (κ1) is 29.8. The molecule has 5 aromatic rings. The van der Waals surface area contributed by atoms with Crippen molar-refractivity contribution in [2.75, 3.05) is 0 Å². The third-order valence-corrected chi connectivity index (χ3v) is 6.42. The summed E-state index contributed by atoms with van der Waals surface area (Å²) in [4.78, 5) is 52.5. The summed E-state index contributed by atoms with van der Waals surface area (Å²) in [6.45, 7) is -0.0982. The van der Waals surface area contributed by atoms with E-state index >= 15 is 0 Å². The molecule has 5 rings (SSSR count). The third kappa shape index (κ3) is 7.56. The summed E-state index contributed by atoms with van der Waals surface area (Å²) in [7, 11) is 0. The minimum atomic E-state index is -0.824. The summed E-state index contributed by atoms with van der Waals surface area (Å²) in [5.74, 6) is -4.35.